The molecule has 72 valence electrons. The average molecular weight is 243 g/mol. The Hall–Kier alpha value is -0.320. The summed E-state index contributed by atoms with van der Waals surface area (Å²) in [6.45, 7) is 0. The van der Waals surface area contributed by atoms with Crippen molar-refractivity contribution in [2.45, 2.75) is 10.8 Å². The van der Waals surface area contributed by atoms with Crippen molar-refractivity contribution < 1.29 is 12.3 Å². The van der Waals surface area contributed by atoms with E-state index in [4.69, 9.17) is 23.2 Å². The van der Waals surface area contributed by atoms with Crippen LogP contribution < -0.4 is 0 Å². The third-order valence-electron chi connectivity index (χ3n) is 1.41. The van der Waals surface area contributed by atoms with Crippen molar-refractivity contribution >= 4 is 33.4 Å². The van der Waals surface area contributed by atoms with E-state index in [1.54, 1.807) is 0 Å². The van der Waals surface area contributed by atoms with Gasteiger partial charge in [-0.05, 0) is 17.7 Å². The molecule has 0 saturated carbocycles. The Kier molecular flexibility index (Phi) is 3.16. The summed E-state index contributed by atoms with van der Waals surface area (Å²) in [4.78, 5) is -0.525. The first kappa shape index (κ1) is 10.8. The fourth-order valence-corrected chi connectivity index (χ4v) is 1.99. The van der Waals surface area contributed by atoms with Crippen LogP contribution in [0.5, 0.6) is 0 Å². The molecule has 1 aromatic carbocycles. The van der Waals surface area contributed by atoms with E-state index in [1.165, 1.54) is 12.1 Å². The Morgan fingerprint density at radius 3 is 2.38 bits per heavy atom. The molecule has 0 amide bonds. The molecule has 0 unspecified atom stereocenters. The molecule has 0 radical (unpaired) electrons. The Morgan fingerprint density at radius 2 is 2.00 bits per heavy atom. The van der Waals surface area contributed by atoms with Crippen LogP contribution in [0.2, 0.25) is 5.02 Å². The van der Waals surface area contributed by atoms with Crippen molar-refractivity contribution in [2.75, 3.05) is 0 Å². The highest BCUT2D eigenvalue weighted by atomic mass is 35.5. The lowest BCUT2D eigenvalue weighted by Crippen LogP contribution is -1.93. The fourth-order valence-electron chi connectivity index (χ4n) is 0.825. The van der Waals surface area contributed by atoms with Crippen LogP contribution >= 0.6 is 23.2 Å². The largest absolute Gasteiger partial charge is 0.333 e. The standard InChI is InChI=1S/C7H5Cl2FO2S/c8-4-5-1-2-7(6(9)3-5)13(10,11)12/h1-3H,4H2. The van der Waals surface area contributed by atoms with E-state index < -0.39 is 15.1 Å². The van der Waals surface area contributed by atoms with Gasteiger partial charge in [0.1, 0.15) is 4.90 Å². The van der Waals surface area contributed by atoms with Crippen molar-refractivity contribution in [3.05, 3.63) is 28.8 Å². The van der Waals surface area contributed by atoms with Gasteiger partial charge < -0.3 is 0 Å². The van der Waals surface area contributed by atoms with Gasteiger partial charge in [-0.25, -0.2) is 0 Å². The molecule has 1 aromatic rings. The van der Waals surface area contributed by atoms with Crippen molar-refractivity contribution in [1.29, 1.82) is 0 Å². The van der Waals surface area contributed by atoms with Crippen LogP contribution in [0.3, 0.4) is 0 Å². The number of hydrogen-bond acceptors (Lipinski definition) is 2. The number of halogens is 3. The normalized spacial score (nSPS) is 11.6. The SMILES string of the molecule is O=S(=O)(F)c1ccc(CCl)cc1Cl. The molecular weight excluding hydrogens is 238 g/mol. The molecule has 13 heavy (non-hydrogen) atoms. The monoisotopic (exact) mass is 242 g/mol. The first-order valence-electron chi connectivity index (χ1n) is 3.24. The van der Waals surface area contributed by atoms with Gasteiger partial charge in [-0.15, -0.1) is 15.5 Å². The minimum absolute atomic E-state index is 0.152. The van der Waals surface area contributed by atoms with Gasteiger partial charge in [-0.2, -0.15) is 8.42 Å². The summed E-state index contributed by atoms with van der Waals surface area (Å²) < 4.78 is 33.4. The molecule has 0 fully saturated rings. The maximum atomic E-state index is 12.5. The highest BCUT2D eigenvalue weighted by molar-refractivity contribution is 7.86. The van der Waals surface area contributed by atoms with Crippen LogP contribution in [0.25, 0.3) is 0 Å². The minimum Gasteiger partial charge on any atom is -0.189 e. The lowest BCUT2D eigenvalue weighted by Gasteiger charge is -2.00. The summed E-state index contributed by atoms with van der Waals surface area (Å²) in [7, 11) is -4.73. The van der Waals surface area contributed by atoms with Crippen LogP contribution in [0, 0.1) is 0 Å². The van der Waals surface area contributed by atoms with E-state index in [-0.39, 0.29) is 10.9 Å². The highest BCUT2D eigenvalue weighted by Crippen LogP contribution is 2.24. The van der Waals surface area contributed by atoms with Gasteiger partial charge in [0.15, 0.2) is 0 Å². The van der Waals surface area contributed by atoms with Crippen molar-refractivity contribution in [3.8, 4) is 0 Å². The molecule has 2 nitrogen and oxygen atoms in total. The van der Waals surface area contributed by atoms with E-state index in [9.17, 15) is 12.3 Å². The molecular formula is C7H5Cl2FO2S. The summed E-state index contributed by atoms with van der Waals surface area (Å²) in [6, 6.07) is 3.82. The zero-order valence-electron chi connectivity index (χ0n) is 6.30. The van der Waals surface area contributed by atoms with Gasteiger partial charge in [0, 0.05) is 5.88 Å². The van der Waals surface area contributed by atoms with Crippen LogP contribution in [0.1, 0.15) is 5.56 Å². The summed E-state index contributed by atoms with van der Waals surface area (Å²) in [5, 5.41) is -0.152. The first-order valence-corrected chi connectivity index (χ1v) is 5.54. The lowest BCUT2D eigenvalue weighted by atomic mass is 10.2. The Morgan fingerprint density at radius 1 is 1.38 bits per heavy atom. The smallest absolute Gasteiger partial charge is 0.189 e. The Labute approximate surface area is 85.5 Å². The number of alkyl halides is 1. The molecule has 0 aliphatic carbocycles. The van der Waals surface area contributed by atoms with Crippen molar-refractivity contribution in [2.24, 2.45) is 0 Å². The summed E-state index contributed by atoms with van der Waals surface area (Å²) >= 11 is 11.0. The summed E-state index contributed by atoms with van der Waals surface area (Å²) in [5.74, 6) is 0.201. The molecule has 0 aliphatic rings. The zero-order valence-corrected chi connectivity index (χ0v) is 8.63. The Balaban J connectivity index is 3.29. The second-order valence-corrected chi connectivity index (χ2v) is 4.33. The van der Waals surface area contributed by atoms with Crippen molar-refractivity contribution in [3.63, 3.8) is 0 Å². The van der Waals surface area contributed by atoms with Crippen LogP contribution in [-0.4, -0.2) is 8.42 Å². The predicted molar refractivity (Wildman–Crippen MR) is 49.3 cm³/mol. The minimum atomic E-state index is -4.73. The van der Waals surface area contributed by atoms with Gasteiger partial charge >= 0.3 is 10.2 Å². The van der Waals surface area contributed by atoms with Crippen LogP contribution in [-0.2, 0) is 16.1 Å². The van der Waals surface area contributed by atoms with Gasteiger partial charge in [-0.3, -0.25) is 0 Å². The molecule has 0 saturated heterocycles. The first-order chi connectivity index (χ1) is 5.95. The van der Waals surface area contributed by atoms with E-state index in [2.05, 4.69) is 0 Å². The summed E-state index contributed by atoms with van der Waals surface area (Å²) in [6.07, 6.45) is 0. The third kappa shape index (κ3) is 2.56. The van der Waals surface area contributed by atoms with Gasteiger partial charge in [0.05, 0.1) is 5.02 Å². The maximum absolute atomic E-state index is 12.5. The summed E-state index contributed by atoms with van der Waals surface area (Å²) in [5.41, 5.74) is 0.638. The second kappa shape index (κ2) is 3.82. The maximum Gasteiger partial charge on any atom is 0.333 e. The molecule has 0 bridgehead atoms. The molecule has 0 spiro atoms. The second-order valence-electron chi connectivity index (χ2n) is 2.34. The van der Waals surface area contributed by atoms with Crippen LogP contribution in [0.15, 0.2) is 23.1 Å². The fraction of sp³-hybridized carbons (Fsp3) is 0.143. The lowest BCUT2D eigenvalue weighted by molar-refractivity contribution is 0.552. The number of benzene rings is 1. The van der Waals surface area contributed by atoms with E-state index in [0.29, 0.717) is 5.56 Å². The Bertz CT molecular complexity index is 417. The quantitative estimate of drug-likeness (QED) is 0.591. The topological polar surface area (TPSA) is 34.1 Å². The predicted octanol–water partition coefficient (Wildman–Crippen LogP) is 2.74. The number of rotatable bonds is 2. The third-order valence-corrected chi connectivity index (χ3v) is 3.03. The molecule has 0 heterocycles. The van der Waals surface area contributed by atoms with Gasteiger partial charge in [0.2, 0.25) is 0 Å². The van der Waals surface area contributed by atoms with Gasteiger partial charge in [-0.1, -0.05) is 17.7 Å². The van der Waals surface area contributed by atoms with Crippen LogP contribution in [0.4, 0.5) is 3.89 Å². The van der Waals surface area contributed by atoms with Crippen molar-refractivity contribution in [1.82, 2.24) is 0 Å². The molecule has 1 rings (SSSR count). The molecule has 0 N–H and O–H groups in total. The molecule has 0 atom stereocenters. The molecule has 6 heteroatoms. The van der Waals surface area contributed by atoms with E-state index >= 15 is 0 Å². The zero-order chi connectivity index (χ0) is 10.1. The highest BCUT2D eigenvalue weighted by Gasteiger charge is 2.16. The van der Waals surface area contributed by atoms with E-state index in [0.717, 1.165) is 6.07 Å². The van der Waals surface area contributed by atoms with E-state index in [1.807, 2.05) is 0 Å². The molecule has 0 aliphatic heterocycles. The van der Waals surface area contributed by atoms with Gasteiger partial charge in [0.25, 0.3) is 0 Å². The molecule has 0 aromatic heterocycles. The average Bonchev–Trinajstić information content (AvgIpc) is 2.01. The number of hydrogen-bond donors (Lipinski definition) is 0.